The smallest absolute Gasteiger partial charge is 0.157 e. The highest BCUT2D eigenvalue weighted by Gasteiger charge is 2.06. The minimum absolute atomic E-state index is 0.0384. The standard InChI is InChI=1S/C11H24O2/c1-4-7-9-11(12-6-3)13-10-8-5-2/h11H,4-10H2,1-3H3. The van der Waals surface area contributed by atoms with Crippen LogP contribution < -0.4 is 0 Å². The lowest BCUT2D eigenvalue weighted by Gasteiger charge is -2.17. The van der Waals surface area contributed by atoms with Gasteiger partial charge in [-0.05, 0) is 26.2 Å². The molecule has 0 saturated carbocycles. The summed E-state index contributed by atoms with van der Waals surface area (Å²) in [5.41, 5.74) is 0. The van der Waals surface area contributed by atoms with Crippen molar-refractivity contribution in [3.63, 3.8) is 0 Å². The average molecular weight is 188 g/mol. The first-order chi connectivity index (χ1) is 6.35. The minimum atomic E-state index is 0.0384. The van der Waals surface area contributed by atoms with Gasteiger partial charge in [0.2, 0.25) is 0 Å². The number of unbranched alkanes of at least 4 members (excludes halogenated alkanes) is 2. The van der Waals surface area contributed by atoms with E-state index in [-0.39, 0.29) is 6.29 Å². The molecule has 80 valence electrons. The van der Waals surface area contributed by atoms with E-state index in [0.717, 1.165) is 26.1 Å². The second-order valence-corrected chi connectivity index (χ2v) is 3.25. The van der Waals surface area contributed by atoms with Crippen molar-refractivity contribution in [2.75, 3.05) is 13.2 Å². The van der Waals surface area contributed by atoms with Crippen LogP contribution in [-0.2, 0) is 9.47 Å². The van der Waals surface area contributed by atoms with Gasteiger partial charge in [-0.15, -0.1) is 0 Å². The summed E-state index contributed by atoms with van der Waals surface area (Å²) >= 11 is 0. The van der Waals surface area contributed by atoms with Crippen LogP contribution in [0.5, 0.6) is 0 Å². The van der Waals surface area contributed by atoms with Gasteiger partial charge in [0.05, 0.1) is 0 Å². The van der Waals surface area contributed by atoms with Crippen molar-refractivity contribution in [3.8, 4) is 0 Å². The van der Waals surface area contributed by atoms with Crippen LogP contribution in [0.4, 0.5) is 0 Å². The zero-order valence-corrected chi connectivity index (χ0v) is 9.34. The summed E-state index contributed by atoms with van der Waals surface area (Å²) in [5.74, 6) is 0. The Kier molecular flexibility index (Phi) is 9.94. The Morgan fingerprint density at radius 3 is 2.15 bits per heavy atom. The van der Waals surface area contributed by atoms with Crippen molar-refractivity contribution in [3.05, 3.63) is 0 Å². The van der Waals surface area contributed by atoms with E-state index in [1.165, 1.54) is 19.3 Å². The summed E-state index contributed by atoms with van der Waals surface area (Å²) in [5, 5.41) is 0. The van der Waals surface area contributed by atoms with Crippen molar-refractivity contribution < 1.29 is 9.47 Å². The predicted octanol–water partition coefficient (Wildman–Crippen LogP) is 3.36. The second-order valence-electron chi connectivity index (χ2n) is 3.25. The molecule has 0 fully saturated rings. The summed E-state index contributed by atoms with van der Waals surface area (Å²) in [4.78, 5) is 0. The lowest BCUT2D eigenvalue weighted by Crippen LogP contribution is -2.17. The molecule has 0 rings (SSSR count). The Morgan fingerprint density at radius 2 is 1.62 bits per heavy atom. The number of hydrogen-bond acceptors (Lipinski definition) is 2. The molecule has 0 aromatic heterocycles. The SMILES string of the molecule is CCCCOC(CCCC)OCC. The van der Waals surface area contributed by atoms with E-state index in [1.54, 1.807) is 0 Å². The largest absolute Gasteiger partial charge is 0.353 e. The monoisotopic (exact) mass is 188 g/mol. The lowest BCUT2D eigenvalue weighted by atomic mass is 10.2. The van der Waals surface area contributed by atoms with Crippen molar-refractivity contribution in [1.82, 2.24) is 0 Å². The van der Waals surface area contributed by atoms with Crippen LogP contribution in [0, 0.1) is 0 Å². The van der Waals surface area contributed by atoms with Crippen molar-refractivity contribution >= 4 is 0 Å². The van der Waals surface area contributed by atoms with Gasteiger partial charge in [-0.25, -0.2) is 0 Å². The molecule has 0 aliphatic rings. The fourth-order valence-corrected chi connectivity index (χ4v) is 1.13. The molecule has 1 unspecified atom stereocenters. The van der Waals surface area contributed by atoms with Gasteiger partial charge in [0.25, 0.3) is 0 Å². The molecule has 0 N–H and O–H groups in total. The zero-order chi connectivity index (χ0) is 9.94. The number of hydrogen-bond donors (Lipinski definition) is 0. The van der Waals surface area contributed by atoms with Crippen LogP contribution in [0.1, 0.15) is 52.9 Å². The van der Waals surface area contributed by atoms with E-state index in [9.17, 15) is 0 Å². The van der Waals surface area contributed by atoms with E-state index in [0.29, 0.717) is 0 Å². The zero-order valence-electron chi connectivity index (χ0n) is 9.34. The van der Waals surface area contributed by atoms with Gasteiger partial charge in [0.1, 0.15) is 0 Å². The van der Waals surface area contributed by atoms with Crippen LogP contribution in [0.3, 0.4) is 0 Å². The number of ether oxygens (including phenoxy) is 2. The van der Waals surface area contributed by atoms with Gasteiger partial charge in [-0.3, -0.25) is 0 Å². The second kappa shape index (κ2) is 10.0. The van der Waals surface area contributed by atoms with Crippen LogP contribution in [0.15, 0.2) is 0 Å². The average Bonchev–Trinajstić information content (AvgIpc) is 2.14. The van der Waals surface area contributed by atoms with Crippen LogP contribution in [-0.4, -0.2) is 19.5 Å². The van der Waals surface area contributed by atoms with Gasteiger partial charge >= 0.3 is 0 Å². The van der Waals surface area contributed by atoms with Gasteiger partial charge in [0, 0.05) is 13.2 Å². The quantitative estimate of drug-likeness (QED) is 0.408. The molecule has 0 bridgehead atoms. The van der Waals surface area contributed by atoms with E-state index < -0.39 is 0 Å². The van der Waals surface area contributed by atoms with Gasteiger partial charge in [0.15, 0.2) is 6.29 Å². The molecule has 0 heterocycles. The van der Waals surface area contributed by atoms with Gasteiger partial charge < -0.3 is 9.47 Å². The summed E-state index contributed by atoms with van der Waals surface area (Å²) in [6.45, 7) is 7.97. The van der Waals surface area contributed by atoms with Crippen molar-refractivity contribution in [2.24, 2.45) is 0 Å². The molecule has 0 aliphatic heterocycles. The maximum Gasteiger partial charge on any atom is 0.157 e. The topological polar surface area (TPSA) is 18.5 Å². The molecule has 0 spiro atoms. The van der Waals surface area contributed by atoms with Crippen LogP contribution in [0.2, 0.25) is 0 Å². The maximum atomic E-state index is 5.60. The fraction of sp³-hybridized carbons (Fsp3) is 1.00. The lowest BCUT2D eigenvalue weighted by molar-refractivity contribution is -0.143. The Bertz CT molecular complexity index is 94.1. The van der Waals surface area contributed by atoms with Crippen molar-refractivity contribution in [1.29, 1.82) is 0 Å². The highest BCUT2D eigenvalue weighted by atomic mass is 16.7. The first-order valence-corrected chi connectivity index (χ1v) is 5.58. The van der Waals surface area contributed by atoms with Gasteiger partial charge in [-0.2, -0.15) is 0 Å². The summed E-state index contributed by atoms with van der Waals surface area (Å²) in [7, 11) is 0. The third kappa shape index (κ3) is 8.26. The van der Waals surface area contributed by atoms with E-state index >= 15 is 0 Å². The third-order valence-electron chi connectivity index (χ3n) is 1.95. The molecule has 2 nitrogen and oxygen atoms in total. The summed E-state index contributed by atoms with van der Waals surface area (Å²) in [6.07, 6.45) is 5.80. The molecule has 13 heavy (non-hydrogen) atoms. The Balaban J connectivity index is 3.41. The fourth-order valence-electron chi connectivity index (χ4n) is 1.13. The molecule has 0 radical (unpaired) electrons. The molecule has 0 aromatic rings. The first kappa shape index (κ1) is 12.9. The van der Waals surface area contributed by atoms with Crippen LogP contribution in [0.25, 0.3) is 0 Å². The van der Waals surface area contributed by atoms with E-state index in [2.05, 4.69) is 13.8 Å². The maximum absolute atomic E-state index is 5.60. The van der Waals surface area contributed by atoms with Crippen molar-refractivity contribution in [2.45, 2.75) is 59.2 Å². The Labute approximate surface area is 82.6 Å². The molecule has 0 saturated heterocycles. The summed E-state index contributed by atoms with van der Waals surface area (Å²) < 4.78 is 11.1. The third-order valence-corrected chi connectivity index (χ3v) is 1.95. The number of rotatable bonds is 9. The first-order valence-electron chi connectivity index (χ1n) is 5.58. The molecule has 1 atom stereocenters. The minimum Gasteiger partial charge on any atom is -0.353 e. The van der Waals surface area contributed by atoms with E-state index in [1.807, 2.05) is 6.92 Å². The molecule has 0 aromatic carbocycles. The highest BCUT2D eigenvalue weighted by Crippen LogP contribution is 2.07. The van der Waals surface area contributed by atoms with Gasteiger partial charge in [-0.1, -0.05) is 26.7 Å². The Hall–Kier alpha value is -0.0800. The summed E-state index contributed by atoms with van der Waals surface area (Å²) in [6, 6.07) is 0. The van der Waals surface area contributed by atoms with E-state index in [4.69, 9.17) is 9.47 Å². The molecule has 2 heteroatoms. The molecule has 0 amide bonds. The molecule has 0 aliphatic carbocycles. The highest BCUT2D eigenvalue weighted by molar-refractivity contribution is 4.46. The predicted molar refractivity (Wildman–Crippen MR) is 55.8 cm³/mol. The molecular weight excluding hydrogens is 164 g/mol. The van der Waals surface area contributed by atoms with Crippen LogP contribution >= 0.6 is 0 Å². The Morgan fingerprint density at radius 1 is 0.923 bits per heavy atom. The normalized spacial score (nSPS) is 13.2. The molecular formula is C11H24O2.